The van der Waals surface area contributed by atoms with Crippen LogP contribution in [-0.4, -0.2) is 27.1 Å². The molecule has 7 nitrogen and oxygen atoms in total. The van der Waals surface area contributed by atoms with E-state index in [4.69, 9.17) is 20.4 Å². The van der Waals surface area contributed by atoms with Crippen LogP contribution >= 0.6 is 0 Å². The molecule has 4 N–H and O–H groups in total. The number of aromatic carboxylic acids is 1. The fraction of sp³-hybridized carbons (Fsp3) is 0.375. The average molecular weight is 214 g/mol. The minimum atomic E-state index is -1.25. The Kier molecular flexibility index (Phi) is 3.40. The van der Waals surface area contributed by atoms with Gasteiger partial charge in [0.2, 0.25) is 0 Å². The molecule has 1 rings (SSSR count). The molecule has 15 heavy (non-hydrogen) atoms. The topological polar surface area (TPSA) is 127 Å². The van der Waals surface area contributed by atoms with E-state index in [2.05, 4.69) is 4.98 Å². The van der Waals surface area contributed by atoms with E-state index in [0.717, 1.165) is 6.39 Å². The summed E-state index contributed by atoms with van der Waals surface area (Å²) in [5, 5.41) is 17.1. The van der Waals surface area contributed by atoms with Crippen molar-refractivity contribution in [3.63, 3.8) is 0 Å². The molecule has 1 heterocycles. The van der Waals surface area contributed by atoms with Crippen LogP contribution in [0.1, 0.15) is 35.1 Å². The molecule has 0 bridgehead atoms. The van der Waals surface area contributed by atoms with E-state index in [1.165, 1.54) is 0 Å². The fourth-order valence-corrected chi connectivity index (χ4v) is 1.09. The summed E-state index contributed by atoms with van der Waals surface area (Å²) in [6.45, 7) is 0. The van der Waals surface area contributed by atoms with E-state index in [-0.39, 0.29) is 24.3 Å². The molecule has 0 aliphatic carbocycles. The van der Waals surface area contributed by atoms with Gasteiger partial charge in [0.15, 0.2) is 17.8 Å². The highest BCUT2D eigenvalue weighted by Crippen LogP contribution is 2.19. The standard InChI is InChI=1S/C8H10N2O5/c9-4(1-2-5(11)12)7-6(8(13)14)10-3-15-7/h3-4H,1-2,9H2,(H,11,12)(H,13,14). The summed E-state index contributed by atoms with van der Waals surface area (Å²) in [7, 11) is 0. The molecule has 7 heteroatoms. The average Bonchev–Trinajstić information content (AvgIpc) is 2.62. The number of carboxylic acids is 2. The molecule has 0 aliphatic rings. The number of carbonyl (C=O) groups is 2. The maximum Gasteiger partial charge on any atom is 0.358 e. The number of aliphatic carboxylic acids is 1. The van der Waals surface area contributed by atoms with Gasteiger partial charge in [-0.25, -0.2) is 9.78 Å². The first-order chi connectivity index (χ1) is 7.02. The zero-order valence-electron chi connectivity index (χ0n) is 7.71. The predicted molar refractivity (Wildman–Crippen MR) is 47.3 cm³/mol. The second kappa shape index (κ2) is 4.56. The lowest BCUT2D eigenvalue weighted by molar-refractivity contribution is -0.137. The normalized spacial score (nSPS) is 12.3. The van der Waals surface area contributed by atoms with Crippen molar-refractivity contribution in [2.45, 2.75) is 18.9 Å². The molecule has 0 aromatic carbocycles. The van der Waals surface area contributed by atoms with E-state index < -0.39 is 18.0 Å². The zero-order valence-corrected chi connectivity index (χ0v) is 7.71. The lowest BCUT2D eigenvalue weighted by Crippen LogP contribution is -2.15. The van der Waals surface area contributed by atoms with Crippen molar-refractivity contribution in [2.75, 3.05) is 0 Å². The van der Waals surface area contributed by atoms with Crippen molar-refractivity contribution >= 4 is 11.9 Å². The third-order valence-corrected chi connectivity index (χ3v) is 1.80. The molecule has 0 saturated carbocycles. The Balaban J connectivity index is 2.73. The summed E-state index contributed by atoms with van der Waals surface area (Å²) in [6, 6.07) is -0.769. The highest BCUT2D eigenvalue weighted by atomic mass is 16.4. The van der Waals surface area contributed by atoms with Gasteiger partial charge in [-0.05, 0) is 6.42 Å². The van der Waals surface area contributed by atoms with E-state index in [1.54, 1.807) is 0 Å². The fourth-order valence-electron chi connectivity index (χ4n) is 1.09. The van der Waals surface area contributed by atoms with Crippen LogP contribution in [0.25, 0.3) is 0 Å². The van der Waals surface area contributed by atoms with Gasteiger partial charge in [0.05, 0.1) is 6.04 Å². The Labute approximate surface area is 84.5 Å². The van der Waals surface area contributed by atoms with Gasteiger partial charge in [0.25, 0.3) is 0 Å². The number of nitrogens with two attached hydrogens (primary N) is 1. The van der Waals surface area contributed by atoms with Crippen molar-refractivity contribution in [3.8, 4) is 0 Å². The van der Waals surface area contributed by atoms with Crippen LogP contribution in [0.15, 0.2) is 10.8 Å². The van der Waals surface area contributed by atoms with E-state index >= 15 is 0 Å². The SMILES string of the molecule is NC(CCC(=O)O)c1ocnc1C(=O)O. The predicted octanol–water partition coefficient (Wildman–Crippen LogP) is 0.237. The summed E-state index contributed by atoms with van der Waals surface area (Å²) in [4.78, 5) is 24.4. The number of nitrogens with zero attached hydrogens (tertiary/aromatic N) is 1. The maximum atomic E-state index is 10.6. The Morgan fingerprint density at radius 1 is 1.53 bits per heavy atom. The van der Waals surface area contributed by atoms with Crippen LogP contribution in [0.2, 0.25) is 0 Å². The van der Waals surface area contributed by atoms with E-state index in [0.29, 0.717) is 0 Å². The van der Waals surface area contributed by atoms with Gasteiger partial charge >= 0.3 is 11.9 Å². The Bertz CT molecular complexity index is 373. The molecule has 0 aliphatic heterocycles. The summed E-state index contributed by atoms with van der Waals surface area (Å²) in [5.74, 6) is -2.24. The summed E-state index contributed by atoms with van der Waals surface area (Å²) >= 11 is 0. The van der Waals surface area contributed by atoms with Gasteiger partial charge in [-0.2, -0.15) is 0 Å². The summed E-state index contributed by atoms with van der Waals surface area (Å²) in [6.07, 6.45) is 0.922. The zero-order chi connectivity index (χ0) is 11.4. The van der Waals surface area contributed by atoms with Crippen LogP contribution < -0.4 is 5.73 Å². The number of hydrogen-bond donors (Lipinski definition) is 3. The molecule has 1 aromatic heterocycles. The highest BCUT2D eigenvalue weighted by molar-refractivity contribution is 5.86. The molecular weight excluding hydrogens is 204 g/mol. The quantitative estimate of drug-likeness (QED) is 0.640. The van der Waals surface area contributed by atoms with Gasteiger partial charge in [-0.3, -0.25) is 4.79 Å². The first-order valence-corrected chi connectivity index (χ1v) is 4.16. The molecule has 0 spiro atoms. The number of rotatable bonds is 5. The summed E-state index contributed by atoms with van der Waals surface area (Å²) in [5.41, 5.74) is 5.30. The van der Waals surface area contributed by atoms with Crippen molar-refractivity contribution < 1.29 is 24.2 Å². The van der Waals surface area contributed by atoms with Gasteiger partial charge in [0, 0.05) is 6.42 Å². The molecular formula is C8H10N2O5. The van der Waals surface area contributed by atoms with Crippen molar-refractivity contribution in [2.24, 2.45) is 5.73 Å². The smallest absolute Gasteiger partial charge is 0.358 e. The van der Waals surface area contributed by atoms with Crippen LogP contribution in [0, 0.1) is 0 Å². The minimum absolute atomic E-state index is 0.00347. The molecule has 1 aromatic rings. The number of carboxylic acid groups (broad SMARTS) is 2. The van der Waals surface area contributed by atoms with Crippen molar-refractivity contribution in [3.05, 3.63) is 17.8 Å². The third kappa shape index (κ3) is 2.78. The lowest BCUT2D eigenvalue weighted by Gasteiger charge is -2.06. The van der Waals surface area contributed by atoms with E-state index in [9.17, 15) is 9.59 Å². The largest absolute Gasteiger partial charge is 0.481 e. The van der Waals surface area contributed by atoms with Gasteiger partial charge in [-0.15, -0.1) is 0 Å². The second-order valence-corrected chi connectivity index (χ2v) is 2.91. The van der Waals surface area contributed by atoms with Gasteiger partial charge in [0.1, 0.15) is 0 Å². The van der Waals surface area contributed by atoms with Crippen LogP contribution in [0.4, 0.5) is 0 Å². The second-order valence-electron chi connectivity index (χ2n) is 2.91. The molecule has 82 valence electrons. The first-order valence-electron chi connectivity index (χ1n) is 4.16. The van der Waals surface area contributed by atoms with Crippen LogP contribution in [0.5, 0.6) is 0 Å². The van der Waals surface area contributed by atoms with Crippen LogP contribution in [0.3, 0.4) is 0 Å². The minimum Gasteiger partial charge on any atom is -0.481 e. The molecule has 0 fully saturated rings. The lowest BCUT2D eigenvalue weighted by atomic mass is 10.1. The molecule has 1 unspecified atom stereocenters. The summed E-state index contributed by atoms with van der Waals surface area (Å²) < 4.78 is 4.81. The maximum absolute atomic E-state index is 10.6. The monoisotopic (exact) mass is 214 g/mol. The Morgan fingerprint density at radius 3 is 2.73 bits per heavy atom. The molecule has 1 atom stereocenters. The van der Waals surface area contributed by atoms with Crippen molar-refractivity contribution in [1.82, 2.24) is 4.98 Å². The highest BCUT2D eigenvalue weighted by Gasteiger charge is 2.21. The van der Waals surface area contributed by atoms with Crippen LogP contribution in [-0.2, 0) is 4.79 Å². The third-order valence-electron chi connectivity index (χ3n) is 1.80. The number of oxazole rings is 1. The number of hydrogen-bond acceptors (Lipinski definition) is 5. The van der Waals surface area contributed by atoms with Gasteiger partial charge < -0.3 is 20.4 Å². The molecule has 0 radical (unpaired) electrons. The first kappa shape index (κ1) is 11.2. The van der Waals surface area contributed by atoms with Crippen molar-refractivity contribution in [1.29, 1.82) is 0 Å². The molecule has 0 saturated heterocycles. The Morgan fingerprint density at radius 2 is 2.20 bits per heavy atom. The number of aromatic nitrogens is 1. The van der Waals surface area contributed by atoms with E-state index in [1.807, 2.05) is 0 Å². The molecule has 0 amide bonds. The Hall–Kier alpha value is -1.89. The van der Waals surface area contributed by atoms with Gasteiger partial charge in [-0.1, -0.05) is 0 Å².